The van der Waals surface area contributed by atoms with Crippen LogP contribution < -0.4 is 4.90 Å². The second-order valence-electron chi connectivity index (χ2n) is 14.7. The van der Waals surface area contributed by atoms with Crippen LogP contribution in [0, 0.1) is 0 Å². The molecule has 2 aromatic heterocycles. The van der Waals surface area contributed by atoms with Gasteiger partial charge in [0.2, 0.25) is 0 Å². The van der Waals surface area contributed by atoms with E-state index in [4.69, 9.17) is 4.42 Å². The molecule has 59 heavy (non-hydrogen) atoms. The van der Waals surface area contributed by atoms with Gasteiger partial charge in [-0.2, -0.15) is 0 Å². The van der Waals surface area contributed by atoms with E-state index in [-0.39, 0.29) is 0 Å². The van der Waals surface area contributed by atoms with Crippen molar-refractivity contribution < 1.29 is 4.42 Å². The van der Waals surface area contributed by atoms with Gasteiger partial charge in [0, 0.05) is 47.9 Å². The van der Waals surface area contributed by atoms with E-state index in [1.165, 1.54) is 31.1 Å². The lowest BCUT2D eigenvalue weighted by molar-refractivity contribution is 0.669. The van der Waals surface area contributed by atoms with Gasteiger partial charge in [0.05, 0.1) is 5.69 Å². The Morgan fingerprint density at radius 3 is 2.07 bits per heavy atom. The first-order valence-electron chi connectivity index (χ1n) is 19.7. The molecule has 0 saturated carbocycles. The Kier molecular flexibility index (Phi) is 9.21. The maximum absolute atomic E-state index is 6.55. The van der Waals surface area contributed by atoms with Crippen LogP contribution in [0.25, 0.3) is 81.2 Å². The molecule has 0 saturated heterocycles. The number of nitrogens with zero attached hydrogens (tertiary/aromatic N) is 1. The van der Waals surface area contributed by atoms with E-state index in [1.807, 2.05) is 41.7 Å². The van der Waals surface area contributed by atoms with Crippen molar-refractivity contribution >= 4 is 81.7 Å². The number of allylic oxidation sites excluding steroid dienone is 5. The molecule has 10 aromatic rings. The van der Waals surface area contributed by atoms with Crippen molar-refractivity contribution in [2.45, 2.75) is 0 Å². The minimum absolute atomic E-state index is 0.789. The van der Waals surface area contributed by atoms with Crippen LogP contribution in [0.3, 0.4) is 0 Å². The smallest absolute Gasteiger partial charge is 0.136 e. The SMILES string of the molecule is C=C/C(=C\C(=C)C(=C)/C=C\c1ccccc1)N(c1ccc(-c2cccc3c2sc2ccccc23)cc1)c1ccccc1-c1cccc2oc3cc4ccccc4cc3c12. The monoisotopic (exact) mass is 773 g/mol. The van der Waals surface area contributed by atoms with Crippen LogP contribution in [-0.4, -0.2) is 0 Å². The quantitative estimate of drug-likeness (QED) is 0.129. The zero-order valence-corrected chi connectivity index (χ0v) is 33.3. The maximum atomic E-state index is 6.55. The van der Waals surface area contributed by atoms with Crippen LogP contribution in [0.4, 0.5) is 11.4 Å². The van der Waals surface area contributed by atoms with E-state index in [0.717, 1.165) is 77.8 Å². The van der Waals surface area contributed by atoms with Crippen molar-refractivity contribution in [3.05, 3.63) is 236 Å². The summed E-state index contributed by atoms with van der Waals surface area (Å²) in [6, 6.07) is 62.2. The summed E-state index contributed by atoms with van der Waals surface area (Å²) in [5, 5.41) is 7.08. The fourth-order valence-corrected chi connectivity index (χ4v) is 9.42. The first-order valence-corrected chi connectivity index (χ1v) is 20.6. The summed E-state index contributed by atoms with van der Waals surface area (Å²) >= 11 is 1.85. The molecule has 0 spiro atoms. The summed E-state index contributed by atoms with van der Waals surface area (Å²) in [7, 11) is 0. The van der Waals surface area contributed by atoms with E-state index in [9.17, 15) is 0 Å². The highest BCUT2D eigenvalue weighted by atomic mass is 32.1. The molecule has 8 aromatic carbocycles. The molecular weight excluding hydrogens is 735 g/mol. The molecule has 0 aliphatic rings. The Bertz CT molecular complexity index is 3320. The van der Waals surface area contributed by atoms with E-state index in [2.05, 4.69) is 195 Å². The third-order valence-corrected chi connectivity index (χ3v) is 12.3. The highest BCUT2D eigenvalue weighted by Gasteiger charge is 2.22. The third kappa shape index (κ3) is 6.58. The van der Waals surface area contributed by atoms with Gasteiger partial charge in [0.25, 0.3) is 0 Å². The number of hydrogen-bond acceptors (Lipinski definition) is 3. The number of benzene rings is 8. The Morgan fingerprint density at radius 2 is 1.24 bits per heavy atom. The molecule has 0 N–H and O–H groups in total. The van der Waals surface area contributed by atoms with Crippen LogP contribution in [0.15, 0.2) is 235 Å². The van der Waals surface area contributed by atoms with Gasteiger partial charge in [-0.05, 0) is 98.8 Å². The van der Waals surface area contributed by atoms with Gasteiger partial charge in [-0.25, -0.2) is 0 Å². The first kappa shape index (κ1) is 35.9. The molecule has 0 bridgehead atoms. The Labute approximate surface area is 347 Å². The molecule has 0 fully saturated rings. The average molecular weight is 774 g/mol. The minimum atomic E-state index is 0.789. The van der Waals surface area contributed by atoms with E-state index < -0.39 is 0 Å². The van der Waals surface area contributed by atoms with Crippen molar-refractivity contribution in [3.8, 4) is 22.3 Å². The number of furan rings is 1. The van der Waals surface area contributed by atoms with Crippen LogP contribution in [-0.2, 0) is 0 Å². The van der Waals surface area contributed by atoms with Gasteiger partial charge in [0.1, 0.15) is 11.2 Å². The Hall–Kier alpha value is -7.46. The van der Waals surface area contributed by atoms with Gasteiger partial charge in [0.15, 0.2) is 0 Å². The van der Waals surface area contributed by atoms with Crippen LogP contribution in [0.1, 0.15) is 5.56 Å². The molecule has 0 aliphatic heterocycles. The molecular formula is C56H39NOS. The number of fused-ring (bicyclic) bond motifs is 7. The molecule has 280 valence electrons. The minimum Gasteiger partial charge on any atom is -0.456 e. The van der Waals surface area contributed by atoms with Crippen molar-refractivity contribution in [2.75, 3.05) is 4.90 Å². The topological polar surface area (TPSA) is 16.4 Å². The Morgan fingerprint density at radius 1 is 0.559 bits per heavy atom. The van der Waals surface area contributed by atoms with Gasteiger partial charge in [-0.3, -0.25) is 0 Å². The van der Waals surface area contributed by atoms with Crippen molar-refractivity contribution in [1.29, 1.82) is 0 Å². The number of para-hydroxylation sites is 1. The lowest BCUT2D eigenvalue weighted by Crippen LogP contribution is -2.16. The largest absolute Gasteiger partial charge is 0.456 e. The van der Waals surface area contributed by atoms with Crippen molar-refractivity contribution in [1.82, 2.24) is 0 Å². The standard InChI is InChI=1S/C56H39NOS/c1-4-43(34-38(3)37(2)28-29-39-16-6-5-7-17-39)57(44-32-30-40(31-33-44)45-22-14-24-49-47-21-11-13-27-54(47)59-56(45)49)51-25-12-10-20-46(51)48-23-15-26-52-55(48)50-35-41-18-8-9-19-42(41)36-53(50)58-52/h4-36H,1-3H2/b29-28-,43-34+. The molecule has 0 aliphatic carbocycles. The van der Waals surface area contributed by atoms with Crippen LogP contribution in [0.2, 0.25) is 0 Å². The van der Waals surface area contributed by atoms with Crippen LogP contribution >= 0.6 is 11.3 Å². The molecule has 3 heteroatoms. The molecule has 2 heterocycles. The average Bonchev–Trinajstić information content (AvgIpc) is 3.86. The number of hydrogen-bond donors (Lipinski definition) is 0. The molecule has 0 atom stereocenters. The van der Waals surface area contributed by atoms with Gasteiger partial charge < -0.3 is 9.32 Å². The predicted octanol–water partition coefficient (Wildman–Crippen LogP) is 16.5. The molecule has 0 amide bonds. The summed E-state index contributed by atoms with van der Waals surface area (Å²) in [6.07, 6.45) is 8.07. The highest BCUT2D eigenvalue weighted by Crippen LogP contribution is 2.45. The van der Waals surface area contributed by atoms with Gasteiger partial charge in [-0.1, -0.05) is 165 Å². The number of thiophene rings is 1. The molecule has 0 unspecified atom stereocenters. The number of rotatable bonds is 10. The van der Waals surface area contributed by atoms with E-state index >= 15 is 0 Å². The second-order valence-corrected chi connectivity index (χ2v) is 15.8. The molecule has 10 rings (SSSR count). The molecule has 2 nitrogen and oxygen atoms in total. The second kappa shape index (κ2) is 15.1. The normalized spacial score (nSPS) is 12.0. The number of anilines is 2. The van der Waals surface area contributed by atoms with Crippen molar-refractivity contribution in [3.63, 3.8) is 0 Å². The molecule has 0 radical (unpaired) electrons. The highest BCUT2D eigenvalue weighted by molar-refractivity contribution is 7.26. The zero-order chi connectivity index (χ0) is 39.9. The Balaban J connectivity index is 1.13. The summed E-state index contributed by atoms with van der Waals surface area (Å²) in [5.41, 5.74) is 11.8. The third-order valence-electron chi connectivity index (χ3n) is 11.1. The predicted molar refractivity (Wildman–Crippen MR) is 256 cm³/mol. The fraction of sp³-hybridized carbons (Fsp3) is 0. The summed E-state index contributed by atoms with van der Waals surface area (Å²) in [5.74, 6) is 0. The fourth-order valence-electron chi connectivity index (χ4n) is 8.18. The first-order chi connectivity index (χ1) is 29.0. The lowest BCUT2D eigenvalue weighted by Gasteiger charge is -2.29. The van der Waals surface area contributed by atoms with Crippen LogP contribution in [0.5, 0.6) is 0 Å². The van der Waals surface area contributed by atoms with E-state index in [1.54, 1.807) is 0 Å². The van der Waals surface area contributed by atoms with E-state index in [0.29, 0.717) is 0 Å². The summed E-state index contributed by atoms with van der Waals surface area (Å²) in [6.45, 7) is 13.2. The summed E-state index contributed by atoms with van der Waals surface area (Å²) in [4.78, 5) is 2.28. The maximum Gasteiger partial charge on any atom is 0.136 e. The summed E-state index contributed by atoms with van der Waals surface area (Å²) < 4.78 is 9.14. The van der Waals surface area contributed by atoms with Gasteiger partial charge in [-0.15, -0.1) is 11.3 Å². The zero-order valence-electron chi connectivity index (χ0n) is 32.4. The van der Waals surface area contributed by atoms with Gasteiger partial charge >= 0.3 is 0 Å². The lowest BCUT2D eigenvalue weighted by atomic mass is 9.95. The van der Waals surface area contributed by atoms with Crippen molar-refractivity contribution in [2.24, 2.45) is 0 Å².